The van der Waals surface area contributed by atoms with Gasteiger partial charge in [-0.25, -0.2) is 4.98 Å². The van der Waals surface area contributed by atoms with Crippen molar-refractivity contribution in [3.05, 3.63) is 27.9 Å². The van der Waals surface area contributed by atoms with Crippen LogP contribution in [0.25, 0.3) is 0 Å². The first-order valence-electron chi connectivity index (χ1n) is 6.02. The van der Waals surface area contributed by atoms with Crippen LogP contribution in [-0.2, 0) is 0 Å². The molecule has 1 heterocycles. The van der Waals surface area contributed by atoms with Gasteiger partial charge in [0.1, 0.15) is 12.3 Å². The fraction of sp³-hybridized carbons (Fsp3) is 0.583. The van der Waals surface area contributed by atoms with E-state index in [2.05, 4.69) is 10.3 Å². The summed E-state index contributed by atoms with van der Waals surface area (Å²) in [7, 11) is 1.94. The fourth-order valence-electron chi connectivity index (χ4n) is 2.18. The Morgan fingerprint density at radius 3 is 2.89 bits per heavy atom. The van der Waals surface area contributed by atoms with Crippen LogP contribution in [0.2, 0.25) is 0 Å². The van der Waals surface area contributed by atoms with Crippen molar-refractivity contribution in [2.24, 2.45) is 5.92 Å². The fourth-order valence-corrected chi connectivity index (χ4v) is 2.18. The zero-order valence-corrected chi connectivity index (χ0v) is 10.5. The standard InChI is InChI=1S/C12H17N3O3/c1-8-3-12(14-7-11(8)15(16)17)18-10-4-9(5-10)6-13-2/h3,7,9-10,13H,4-6H2,1-2H3. The van der Waals surface area contributed by atoms with E-state index >= 15 is 0 Å². The van der Waals surface area contributed by atoms with Gasteiger partial charge in [-0.3, -0.25) is 10.1 Å². The van der Waals surface area contributed by atoms with Crippen molar-refractivity contribution < 1.29 is 9.66 Å². The van der Waals surface area contributed by atoms with Crippen LogP contribution in [-0.4, -0.2) is 29.6 Å². The second kappa shape index (κ2) is 5.30. The summed E-state index contributed by atoms with van der Waals surface area (Å²) < 4.78 is 5.68. The van der Waals surface area contributed by atoms with Gasteiger partial charge in [-0.1, -0.05) is 0 Å². The summed E-state index contributed by atoms with van der Waals surface area (Å²) in [4.78, 5) is 14.2. The summed E-state index contributed by atoms with van der Waals surface area (Å²) >= 11 is 0. The van der Waals surface area contributed by atoms with Gasteiger partial charge in [-0.15, -0.1) is 0 Å². The Labute approximate surface area is 106 Å². The van der Waals surface area contributed by atoms with Crippen LogP contribution in [0.3, 0.4) is 0 Å². The molecule has 0 aromatic carbocycles. The second-order valence-corrected chi connectivity index (χ2v) is 4.70. The van der Waals surface area contributed by atoms with E-state index in [1.165, 1.54) is 6.20 Å². The van der Waals surface area contributed by atoms with E-state index in [4.69, 9.17) is 4.74 Å². The predicted molar refractivity (Wildman–Crippen MR) is 66.7 cm³/mol. The van der Waals surface area contributed by atoms with E-state index in [-0.39, 0.29) is 11.8 Å². The number of nitrogens with one attached hydrogen (secondary N) is 1. The number of rotatable bonds is 5. The zero-order chi connectivity index (χ0) is 13.1. The number of hydrogen-bond acceptors (Lipinski definition) is 5. The quantitative estimate of drug-likeness (QED) is 0.636. The number of nitro groups is 1. The molecule has 1 N–H and O–H groups in total. The van der Waals surface area contributed by atoms with Crippen molar-refractivity contribution in [1.82, 2.24) is 10.3 Å². The highest BCUT2D eigenvalue weighted by Crippen LogP contribution is 2.31. The van der Waals surface area contributed by atoms with Gasteiger partial charge >= 0.3 is 0 Å². The number of ether oxygens (including phenoxy) is 1. The molecule has 1 saturated carbocycles. The van der Waals surface area contributed by atoms with Crippen molar-refractivity contribution in [2.45, 2.75) is 25.9 Å². The lowest BCUT2D eigenvalue weighted by Gasteiger charge is -2.34. The summed E-state index contributed by atoms with van der Waals surface area (Å²) in [5.74, 6) is 1.14. The van der Waals surface area contributed by atoms with Crippen molar-refractivity contribution in [2.75, 3.05) is 13.6 Å². The van der Waals surface area contributed by atoms with E-state index in [1.54, 1.807) is 13.0 Å². The number of aromatic nitrogens is 1. The molecule has 1 fully saturated rings. The molecule has 0 saturated heterocycles. The molecule has 0 atom stereocenters. The second-order valence-electron chi connectivity index (χ2n) is 4.70. The van der Waals surface area contributed by atoms with Gasteiger partial charge in [0.15, 0.2) is 0 Å². The maximum Gasteiger partial charge on any atom is 0.290 e. The van der Waals surface area contributed by atoms with Crippen LogP contribution in [0.4, 0.5) is 5.69 Å². The maximum absolute atomic E-state index is 10.7. The lowest BCUT2D eigenvalue weighted by atomic mass is 9.82. The molecule has 98 valence electrons. The Morgan fingerprint density at radius 1 is 1.61 bits per heavy atom. The van der Waals surface area contributed by atoms with Gasteiger partial charge in [0.05, 0.1) is 4.92 Å². The average Bonchev–Trinajstić information content (AvgIpc) is 2.26. The molecular weight excluding hydrogens is 234 g/mol. The summed E-state index contributed by atoms with van der Waals surface area (Å²) in [6.07, 6.45) is 3.47. The SMILES string of the molecule is CNCC1CC(Oc2cc(C)c([N+](=O)[O-])cn2)C1. The van der Waals surface area contributed by atoms with Crippen LogP contribution in [0.15, 0.2) is 12.3 Å². The summed E-state index contributed by atoms with van der Waals surface area (Å²) in [6, 6.07) is 1.63. The summed E-state index contributed by atoms with van der Waals surface area (Å²) in [5, 5.41) is 13.8. The molecule has 0 radical (unpaired) electrons. The molecule has 0 aliphatic heterocycles. The lowest BCUT2D eigenvalue weighted by Crippen LogP contribution is -2.38. The van der Waals surface area contributed by atoms with E-state index in [9.17, 15) is 10.1 Å². The predicted octanol–water partition coefficient (Wildman–Crippen LogP) is 1.68. The third kappa shape index (κ3) is 2.76. The molecule has 6 nitrogen and oxygen atoms in total. The highest BCUT2D eigenvalue weighted by Gasteiger charge is 2.30. The van der Waals surface area contributed by atoms with Crippen LogP contribution in [0.1, 0.15) is 18.4 Å². The Kier molecular flexibility index (Phi) is 3.76. The smallest absolute Gasteiger partial charge is 0.290 e. The van der Waals surface area contributed by atoms with Crippen molar-refractivity contribution in [1.29, 1.82) is 0 Å². The number of nitrogens with zero attached hydrogens (tertiary/aromatic N) is 2. The van der Waals surface area contributed by atoms with Crippen molar-refractivity contribution in [3.63, 3.8) is 0 Å². The first kappa shape index (κ1) is 12.8. The van der Waals surface area contributed by atoms with Crippen LogP contribution >= 0.6 is 0 Å². The molecule has 6 heteroatoms. The van der Waals surface area contributed by atoms with Gasteiger partial charge in [-0.05, 0) is 39.3 Å². The molecule has 0 amide bonds. The molecule has 1 aromatic rings. The molecular formula is C12H17N3O3. The Balaban J connectivity index is 1.92. The number of hydrogen-bond donors (Lipinski definition) is 1. The maximum atomic E-state index is 10.7. The van der Waals surface area contributed by atoms with Gasteiger partial charge in [0.2, 0.25) is 5.88 Å². The molecule has 0 bridgehead atoms. The normalized spacial score (nSPS) is 22.3. The molecule has 1 aliphatic carbocycles. The van der Waals surface area contributed by atoms with E-state index in [0.717, 1.165) is 19.4 Å². The van der Waals surface area contributed by atoms with Gasteiger partial charge in [-0.2, -0.15) is 0 Å². The van der Waals surface area contributed by atoms with Gasteiger partial charge in [0.25, 0.3) is 5.69 Å². The topological polar surface area (TPSA) is 77.3 Å². The van der Waals surface area contributed by atoms with E-state index in [0.29, 0.717) is 17.4 Å². The molecule has 1 aliphatic rings. The third-order valence-electron chi connectivity index (χ3n) is 3.23. The van der Waals surface area contributed by atoms with Crippen LogP contribution in [0, 0.1) is 23.0 Å². The van der Waals surface area contributed by atoms with E-state index in [1.807, 2.05) is 7.05 Å². The summed E-state index contributed by atoms with van der Waals surface area (Å²) in [5.41, 5.74) is 0.611. The minimum absolute atomic E-state index is 0.0315. The number of aryl methyl sites for hydroxylation is 1. The first-order valence-corrected chi connectivity index (χ1v) is 6.02. The van der Waals surface area contributed by atoms with Crippen molar-refractivity contribution >= 4 is 5.69 Å². The minimum atomic E-state index is -0.432. The third-order valence-corrected chi connectivity index (χ3v) is 3.23. The molecule has 0 spiro atoms. The Hall–Kier alpha value is -1.69. The number of pyridine rings is 1. The Morgan fingerprint density at radius 2 is 2.33 bits per heavy atom. The first-order chi connectivity index (χ1) is 8.60. The molecule has 1 aromatic heterocycles. The van der Waals surface area contributed by atoms with Crippen LogP contribution in [0.5, 0.6) is 5.88 Å². The largest absolute Gasteiger partial charge is 0.474 e. The van der Waals surface area contributed by atoms with E-state index < -0.39 is 4.92 Å². The van der Waals surface area contributed by atoms with Crippen LogP contribution < -0.4 is 10.1 Å². The van der Waals surface area contributed by atoms with Gasteiger partial charge < -0.3 is 10.1 Å². The molecule has 18 heavy (non-hydrogen) atoms. The lowest BCUT2D eigenvalue weighted by molar-refractivity contribution is -0.385. The monoisotopic (exact) mass is 251 g/mol. The van der Waals surface area contributed by atoms with Gasteiger partial charge in [0, 0.05) is 11.6 Å². The minimum Gasteiger partial charge on any atom is -0.474 e. The highest BCUT2D eigenvalue weighted by molar-refractivity contribution is 5.39. The molecule has 0 unspecified atom stereocenters. The van der Waals surface area contributed by atoms with Crippen molar-refractivity contribution in [3.8, 4) is 5.88 Å². The molecule has 2 rings (SSSR count). The summed E-state index contributed by atoms with van der Waals surface area (Å²) in [6.45, 7) is 2.70. The average molecular weight is 251 g/mol. The Bertz CT molecular complexity index is 444. The zero-order valence-electron chi connectivity index (χ0n) is 10.5. The highest BCUT2D eigenvalue weighted by atomic mass is 16.6.